The zero-order valence-corrected chi connectivity index (χ0v) is 11.1. The van der Waals surface area contributed by atoms with Gasteiger partial charge in [-0.1, -0.05) is 11.8 Å². The summed E-state index contributed by atoms with van der Waals surface area (Å²) >= 11 is 2.11. The van der Waals surface area contributed by atoms with Crippen molar-refractivity contribution in [2.75, 3.05) is 0 Å². The average molecular weight is 312 g/mol. The second-order valence-corrected chi connectivity index (χ2v) is 3.40. The maximum absolute atomic E-state index is 2.85. The minimum absolute atomic E-state index is 0.0784. The topological polar surface area (TPSA) is 0 Å². The van der Waals surface area contributed by atoms with Gasteiger partial charge in [-0.15, -0.1) is 34.0 Å². The highest BCUT2D eigenvalue weighted by molar-refractivity contribution is 14.1. The van der Waals surface area contributed by atoms with E-state index in [0.717, 1.165) is 0 Å². The molecule has 0 aliphatic heterocycles. The third-order valence-electron chi connectivity index (χ3n) is 1.02. The molecule has 72 valence electrons. The van der Waals surface area contributed by atoms with Gasteiger partial charge in [0.15, 0.2) is 0 Å². The Bertz CT molecular complexity index is 534. The summed E-state index contributed by atoms with van der Waals surface area (Å²) in [5.41, 5.74) is 0. The van der Waals surface area contributed by atoms with Crippen molar-refractivity contribution in [3.05, 3.63) is 0 Å². The van der Waals surface area contributed by atoms with E-state index in [4.69, 9.17) is 0 Å². The van der Waals surface area contributed by atoms with E-state index < -0.39 is 0 Å². The van der Waals surface area contributed by atoms with Gasteiger partial charge in [0.25, 0.3) is 0 Å². The van der Waals surface area contributed by atoms with Crippen molar-refractivity contribution in [1.29, 1.82) is 0 Å². The molecule has 0 aliphatic carbocycles. The lowest BCUT2D eigenvalue weighted by Crippen LogP contribution is -1.93. The smallest absolute Gasteiger partial charge is 0.112 e. The Hall–Kier alpha value is -1.85. The van der Waals surface area contributed by atoms with Crippen LogP contribution < -0.4 is 0 Å². The van der Waals surface area contributed by atoms with Crippen molar-refractivity contribution >= 4 is 26.9 Å². The van der Waals surface area contributed by atoms with E-state index >= 15 is 0 Å². The Labute approximate surface area is 111 Å². The molecule has 0 aromatic heterocycles. The van der Waals surface area contributed by atoms with E-state index in [1.165, 1.54) is 0 Å². The van der Waals surface area contributed by atoms with Crippen molar-refractivity contribution in [3.8, 4) is 70.8 Å². The van der Waals surface area contributed by atoms with Gasteiger partial charge in [0, 0.05) is 0 Å². The molecule has 0 bridgehead atoms. The molecule has 0 spiro atoms. The highest BCUT2D eigenvalue weighted by Gasteiger charge is 1.96. The Balaban J connectivity index is 4.32. The van der Waals surface area contributed by atoms with Gasteiger partial charge < -0.3 is 0 Å². The fourth-order valence-electron chi connectivity index (χ4n) is 0.485. The van der Waals surface area contributed by atoms with Crippen LogP contribution in [-0.4, -0.2) is 4.57 Å². The monoisotopic (exact) mass is 312 g/mol. The van der Waals surface area contributed by atoms with Gasteiger partial charge in [-0.2, -0.15) is 0 Å². The van der Waals surface area contributed by atoms with E-state index in [2.05, 4.69) is 93.2 Å². The van der Waals surface area contributed by atoms with E-state index in [9.17, 15) is 0 Å². The predicted molar refractivity (Wildman–Crippen MR) is 77.8 cm³/mol. The molecule has 0 unspecified atom stereocenters. The van der Waals surface area contributed by atoms with Crippen LogP contribution in [0.3, 0.4) is 0 Å². The zero-order valence-electron chi connectivity index (χ0n) is 8.96. The molecule has 16 heavy (non-hydrogen) atoms. The van der Waals surface area contributed by atoms with E-state index in [1.807, 2.05) is 0 Å². The maximum atomic E-state index is 2.85. The van der Waals surface area contributed by atoms with Crippen molar-refractivity contribution in [1.82, 2.24) is 0 Å². The average Bonchev–Trinajstić information content (AvgIpc) is 2.28. The van der Waals surface area contributed by atoms with Crippen LogP contribution in [0.15, 0.2) is 0 Å². The molecule has 0 saturated carbocycles. The van der Waals surface area contributed by atoms with E-state index in [-0.39, 0.29) is 4.57 Å². The zero-order chi connectivity index (χ0) is 12.1. The van der Waals surface area contributed by atoms with Gasteiger partial charge in [0.05, 0.1) is 0 Å². The molecule has 0 amide bonds. The van der Waals surface area contributed by atoms with Crippen LogP contribution in [0.25, 0.3) is 0 Å². The van der Waals surface area contributed by atoms with Crippen LogP contribution in [-0.2, 0) is 0 Å². The summed E-state index contributed by atoms with van der Waals surface area (Å²) in [6.07, 6.45) is 0. The normalized spacial score (nSPS) is 4.69. The molecule has 0 N–H and O–H groups in total. The maximum Gasteiger partial charge on any atom is 0.384 e. The summed E-state index contributed by atoms with van der Waals surface area (Å²) in [6.45, 7) is 3.46. The first kappa shape index (κ1) is 14.2. The largest absolute Gasteiger partial charge is 0.384 e. The SMILES string of the molecule is CC#CC#CC#CB(I)C#CC#CC#CC. The predicted octanol–water partition coefficient (Wildman–Crippen LogP) is 1.55. The minimum Gasteiger partial charge on any atom is -0.112 e. The fraction of sp³-hybridized carbons (Fsp3) is 0.143. The molecule has 0 heterocycles. The Morgan fingerprint density at radius 3 is 1.38 bits per heavy atom. The highest BCUT2D eigenvalue weighted by Crippen LogP contribution is 1.88. The highest BCUT2D eigenvalue weighted by atomic mass is 127. The second-order valence-electron chi connectivity index (χ2n) is 2.15. The third kappa shape index (κ3) is 10.2. The van der Waals surface area contributed by atoms with Gasteiger partial charge in [-0.3, -0.25) is 0 Å². The van der Waals surface area contributed by atoms with Crippen LogP contribution >= 0.6 is 22.4 Å². The lowest BCUT2D eigenvalue weighted by molar-refractivity contribution is 1.92. The molecule has 0 nitrogen and oxygen atoms in total. The van der Waals surface area contributed by atoms with Crippen LogP contribution in [0.2, 0.25) is 0 Å². The van der Waals surface area contributed by atoms with Gasteiger partial charge in [0.1, 0.15) is 0 Å². The fourth-order valence-corrected chi connectivity index (χ4v) is 0.796. The number of hydrogen-bond acceptors (Lipinski definition) is 0. The Morgan fingerprint density at radius 2 is 1.00 bits per heavy atom. The lowest BCUT2D eigenvalue weighted by atomic mass is 9.81. The molecular formula is C14H6BI. The molecule has 0 radical (unpaired) electrons. The molecule has 2 heteroatoms. The van der Waals surface area contributed by atoms with Crippen molar-refractivity contribution in [2.45, 2.75) is 13.8 Å². The van der Waals surface area contributed by atoms with Gasteiger partial charge in [-0.25, -0.2) is 0 Å². The number of rotatable bonds is 0. The summed E-state index contributed by atoms with van der Waals surface area (Å²) in [7, 11) is 0. The van der Waals surface area contributed by atoms with Gasteiger partial charge in [-0.05, 0) is 61.2 Å². The summed E-state index contributed by atoms with van der Waals surface area (Å²) in [6, 6.07) is 0. The lowest BCUT2D eigenvalue weighted by Gasteiger charge is -1.75. The van der Waals surface area contributed by atoms with Gasteiger partial charge >= 0.3 is 4.57 Å². The first-order chi connectivity index (χ1) is 7.81. The first-order valence-electron chi connectivity index (χ1n) is 4.30. The molecule has 0 saturated heterocycles. The molecule has 0 aromatic carbocycles. The molecule has 0 atom stereocenters. The molecule has 0 aromatic rings. The number of hydrogen-bond donors (Lipinski definition) is 0. The minimum atomic E-state index is -0.0784. The number of halogens is 1. The van der Waals surface area contributed by atoms with Crippen molar-refractivity contribution < 1.29 is 0 Å². The molecule has 0 rings (SSSR count). The molecule has 0 aliphatic rings. The summed E-state index contributed by atoms with van der Waals surface area (Å²) in [4.78, 5) is 0. The van der Waals surface area contributed by atoms with Crippen LogP contribution in [0.1, 0.15) is 13.8 Å². The quantitative estimate of drug-likeness (QED) is 0.362. The van der Waals surface area contributed by atoms with E-state index in [0.29, 0.717) is 0 Å². The van der Waals surface area contributed by atoms with Crippen LogP contribution in [0.4, 0.5) is 0 Å². The molecular weight excluding hydrogens is 306 g/mol. The summed E-state index contributed by atoms with van der Waals surface area (Å²) in [5.74, 6) is 32.0. The second kappa shape index (κ2) is 11.2. The van der Waals surface area contributed by atoms with Crippen LogP contribution in [0, 0.1) is 70.8 Å². The van der Waals surface area contributed by atoms with Crippen LogP contribution in [0.5, 0.6) is 0 Å². The van der Waals surface area contributed by atoms with Gasteiger partial charge in [0.2, 0.25) is 0 Å². The molecule has 0 fully saturated rings. The summed E-state index contributed by atoms with van der Waals surface area (Å²) < 4.78 is -0.0784. The standard InChI is InChI=1S/C14H6BI/c1-3-5-7-9-11-13-15(16)14-12-10-8-6-4-2/h1-2H3. The van der Waals surface area contributed by atoms with Crippen molar-refractivity contribution in [2.24, 2.45) is 0 Å². The third-order valence-corrected chi connectivity index (χ3v) is 1.65. The first-order valence-corrected chi connectivity index (χ1v) is 5.54. The van der Waals surface area contributed by atoms with Crippen molar-refractivity contribution in [3.63, 3.8) is 0 Å². The van der Waals surface area contributed by atoms with E-state index in [1.54, 1.807) is 13.8 Å². The Morgan fingerprint density at radius 1 is 0.625 bits per heavy atom. The summed E-state index contributed by atoms with van der Waals surface area (Å²) in [5, 5.41) is 0. The Kier molecular flexibility index (Phi) is 9.94.